The molecule has 0 spiro atoms. The van der Waals surface area contributed by atoms with Crippen LogP contribution in [-0.4, -0.2) is 32.3 Å². The highest BCUT2D eigenvalue weighted by Crippen LogP contribution is 2.30. The first-order chi connectivity index (χ1) is 9.34. The zero-order chi connectivity index (χ0) is 14.9. The van der Waals surface area contributed by atoms with Crippen LogP contribution in [-0.2, 0) is 15.1 Å². The van der Waals surface area contributed by atoms with E-state index in [1.165, 1.54) is 0 Å². The number of aromatic nitrogens is 2. The van der Waals surface area contributed by atoms with E-state index >= 15 is 0 Å². The number of carbonyl (C=O) groups is 2. The molecule has 0 saturated heterocycles. The van der Waals surface area contributed by atoms with Crippen molar-refractivity contribution in [2.45, 2.75) is 24.5 Å². The van der Waals surface area contributed by atoms with E-state index in [1.807, 2.05) is 24.3 Å². The number of imidazole rings is 1. The third kappa shape index (κ3) is 2.49. The summed E-state index contributed by atoms with van der Waals surface area (Å²) >= 11 is 1.07. The van der Waals surface area contributed by atoms with Gasteiger partial charge in [-0.05, 0) is 26.0 Å². The van der Waals surface area contributed by atoms with Crippen LogP contribution < -0.4 is 5.73 Å². The number of hydrogen-bond donors (Lipinski definition) is 2. The average molecular weight is 293 g/mol. The normalized spacial score (nSPS) is 11.7. The summed E-state index contributed by atoms with van der Waals surface area (Å²) < 4.78 is 1.69. The molecule has 2 rings (SSSR count). The topological polar surface area (TPSA) is 98.2 Å². The Kier molecular flexibility index (Phi) is 3.71. The summed E-state index contributed by atoms with van der Waals surface area (Å²) in [7, 11) is 0. The molecule has 7 heteroatoms. The number of para-hydroxylation sites is 2. The highest BCUT2D eigenvalue weighted by atomic mass is 32.2. The quantitative estimate of drug-likeness (QED) is 0.813. The van der Waals surface area contributed by atoms with E-state index in [-0.39, 0.29) is 5.75 Å². The van der Waals surface area contributed by atoms with Gasteiger partial charge in [-0.15, -0.1) is 0 Å². The summed E-state index contributed by atoms with van der Waals surface area (Å²) in [5.74, 6) is -1.57. The van der Waals surface area contributed by atoms with Gasteiger partial charge < -0.3 is 15.4 Å². The first-order valence-electron chi connectivity index (χ1n) is 5.96. The summed E-state index contributed by atoms with van der Waals surface area (Å²) in [5, 5.41) is 9.27. The Labute approximate surface area is 120 Å². The minimum atomic E-state index is -0.989. The molecule has 20 heavy (non-hydrogen) atoms. The van der Waals surface area contributed by atoms with Gasteiger partial charge in [0.1, 0.15) is 5.54 Å². The number of rotatable bonds is 5. The van der Waals surface area contributed by atoms with Crippen molar-refractivity contribution >= 4 is 34.7 Å². The van der Waals surface area contributed by atoms with Crippen molar-refractivity contribution in [1.29, 1.82) is 0 Å². The van der Waals surface area contributed by atoms with Gasteiger partial charge in [-0.2, -0.15) is 0 Å². The number of nitrogens with two attached hydrogens (primary N) is 1. The Balaban J connectivity index is 2.61. The summed E-state index contributed by atoms with van der Waals surface area (Å²) in [4.78, 5) is 26.8. The van der Waals surface area contributed by atoms with Crippen molar-refractivity contribution in [3.63, 3.8) is 0 Å². The van der Waals surface area contributed by atoms with E-state index in [2.05, 4.69) is 4.98 Å². The third-order valence-corrected chi connectivity index (χ3v) is 3.94. The molecule has 1 heterocycles. The van der Waals surface area contributed by atoms with Crippen molar-refractivity contribution in [1.82, 2.24) is 9.55 Å². The van der Waals surface area contributed by atoms with Crippen molar-refractivity contribution in [2.24, 2.45) is 5.73 Å². The maximum Gasteiger partial charge on any atom is 0.313 e. The third-order valence-electron chi connectivity index (χ3n) is 3.02. The van der Waals surface area contributed by atoms with Crippen LogP contribution in [0, 0.1) is 0 Å². The van der Waals surface area contributed by atoms with Gasteiger partial charge in [0.15, 0.2) is 5.16 Å². The molecule has 2 aromatic rings. The molecule has 0 unspecified atom stereocenters. The molecule has 106 valence electrons. The number of benzene rings is 1. The summed E-state index contributed by atoms with van der Waals surface area (Å²) in [6.07, 6.45) is 0. The van der Waals surface area contributed by atoms with Crippen molar-refractivity contribution in [3.05, 3.63) is 24.3 Å². The molecule has 0 atom stereocenters. The van der Waals surface area contributed by atoms with Gasteiger partial charge in [0.2, 0.25) is 5.91 Å². The molecular weight excluding hydrogens is 278 g/mol. The first kappa shape index (κ1) is 14.4. The predicted molar refractivity (Wildman–Crippen MR) is 76.6 cm³/mol. The largest absolute Gasteiger partial charge is 0.481 e. The molecule has 0 radical (unpaired) electrons. The minimum Gasteiger partial charge on any atom is -0.481 e. The van der Waals surface area contributed by atoms with E-state index in [0.29, 0.717) is 10.7 Å². The maximum atomic E-state index is 11.7. The predicted octanol–water partition coefficient (Wildman–Crippen LogP) is 1.43. The van der Waals surface area contributed by atoms with E-state index in [4.69, 9.17) is 10.8 Å². The van der Waals surface area contributed by atoms with E-state index in [1.54, 1.807) is 18.4 Å². The number of thioether (sulfide) groups is 1. The monoisotopic (exact) mass is 293 g/mol. The van der Waals surface area contributed by atoms with Crippen LogP contribution in [0.25, 0.3) is 11.0 Å². The lowest BCUT2D eigenvalue weighted by atomic mass is 10.0. The Morgan fingerprint density at radius 2 is 2.05 bits per heavy atom. The lowest BCUT2D eigenvalue weighted by Crippen LogP contribution is -2.41. The second-order valence-corrected chi connectivity index (χ2v) is 5.77. The van der Waals surface area contributed by atoms with Crippen LogP contribution in [0.1, 0.15) is 13.8 Å². The van der Waals surface area contributed by atoms with Crippen molar-refractivity contribution in [2.75, 3.05) is 5.75 Å². The summed E-state index contributed by atoms with van der Waals surface area (Å²) in [6, 6.07) is 7.32. The maximum absolute atomic E-state index is 11.7. The molecule has 6 nitrogen and oxygen atoms in total. The zero-order valence-corrected chi connectivity index (χ0v) is 12.0. The van der Waals surface area contributed by atoms with Gasteiger partial charge in [-0.3, -0.25) is 9.59 Å². The number of fused-ring (bicyclic) bond motifs is 1. The van der Waals surface area contributed by atoms with Crippen LogP contribution in [0.3, 0.4) is 0 Å². The summed E-state index contributed by atoms with van der Waals surface area (Å²) in [5.41, 5.74) is 5.93. The molecule has 0 bridgehead atoms. The molecule has 0 saturated carbocycles. The van der Waals surface area contributed by atoms with E-state index in [9.17, 15) is 9.59 Å². The lowest BCUT2D eigenvalue weighted by molar-refractivity contribution is -0.133. The number of hydrogen-bond acceptors (Lipinski definition) is 4. The van der Waals surface area contributed by atoms with Crippen LogP contribution in [0.15, 0.2) is 29.4 Å². The second kappa shape index (κ2) is 5.16. The average Bonchev–Trinajstić information content (AvgIpc) is 2.74. The van der Waals surface area contributed by atoms with Crippen molar-refractivity contribution in [3.8, 4) is 0 Å². The highest BCUT2D eigenvalue weighted by molar-refractivity contribution is 7.99. The number of nitrogens with zero attached hydrogens (tertiary/aromatic N) is 2. The van der Waals surface area contributed by atoms with Crippen molar-refractivity contribution < 1.29 is 14.7 Å². The number of carbonyl (C=O) groups excluding carboxylic acids is 1. The molecule has 0 fully saturated rings. The van der Waals surface area contributed by atoms with Gasteiger partial charge in [0.05, 0.1) is 16.8 Å². The second-order valence-electron chi connectivity index (χ2n) is 4.82. The van der Waals surface area contributed by atoms with Gasteiger partial charge in [-0.25, -0.2) is 4.98 Å². The number of carboxylic acid groups (broad SMARTS) is 1. The van der Waals surface area contributed by atoms with Gasteiger partial charge in [0.25, 0.3) is 0 Å². The Morgan fingerprint density at radius 3 is 2.65 bits per heavy atom. The fraction of sp³-hybridized carbons (Fsp3) is 0.308. The smallest absolute Gasteiger partial charge is 0.313 e. The molecule has 0 aliphatic rings. The lowest BCUT2D eigenvalue weighted by Gasteiger charge is -2.25. The van der Waals surface area contributed by atoms with Crippen LogP contribution in [0.4, 0.5) is 0 Å². The number of primary amides is 1. The number of carboxylic acids is 1. The molecular formula is C13H15N3O3S. The number of aliphatic carboxylic acids is 1. The van der Waals surface area contributed by atoms with E-state index < -0.39 is 17.4 Å². The number of amides is 1. The Morgan fingerprint density at radius 1 is 1.40 bits per heavy atom. The molecule has 0 aliphatic carbocycles. The minimum absolute atomic E-state index is 0.127. The van der Waals surface area contributed by atoms with Crippen LogP contribution >= 0.6 is 11.8 Å². The van der Waals surface area contributed by atoms with Gasteiger partial charge in [0, 0.05) is 0 Å². The van der Waals surface area contributed by atoms with Gasteiger partial charge >= 0.3 is 5.97 Å². The first-order valence-corrected chi connectivity index (χ1v) is 6.95. The molecule has 1 aromatic heterocycles. The summed E-state index contributed by atoms with van der Waals surface area (Å²) in [6.45, 7) is 3.38. The fourth-order valence-electron chi connectivity index (χ4n) is 1.88. The highest BCUT2D eigenvalue weighted by Gasteiger charge is 2.31. The molecule has 1 amide bonds. The van der Waals surface area contributed by atoms with E-state index in [0.717, 1.165) is 17.3 Å². The standard InChI is InChI=1S/C13H15N3O3S/c1-13(2,11(14)19)16-9-6-4-3-5-8(9)15-12(16)20-7-10(17)18/h3-6H,7H2,1-2H3,(H2,14,19)(H,17,18). The fourth-order valence-corrected chi connectivity index (χ4v) is 2.75. The zero-order valence-electron chi connectivity index (χ0n) is 11.2. The molecule has 1 aromatic carbocycles. The molecule has 0 aliphatic heterocycles. The molecule has 3 N–H and O–H groups in total. The Bertz CT molecular complexity index is 679. The van der Waals surface area contributed by atoms with Gasteiger partial charge in [-0.1, -0.05) is 23.9 Å². The van der Waals surface area contributed by atoms with Crippen LogP contribution in [0.2, 0.25) is 0 Å². The Hall–Kier alpha value is -2.02. The SMILES string of the molecule is CC(C)(C(N)=O)n1c(SCC(=O)O)nc2ccccc21. The van der Waals surface area contributed by atoms with Crippen LogP contribution in [0.5, 0.6) is 0 Å².